The summed E-state index contributed by atoms with van der Waals surface area (Å²) in [4.78, 5) is 2.53. The Hall–Kier alpha value is -0.860. The Bertz CT molecular complexity index is 321. The van der Waals surface area contributed by atoms with Crippen LogP contribution in [0, 0.1) is 5.92 Å². The van der Waals surface area contributed by atoms with Crippen LogP contribution in [0.2, 0.25) is 0 Å². The number of nitrogens with two attached hydrogens (primary N) is 1. The van der Waals surface area contributed by atoms with Gasteiger partial charge < -0.3 is 5.73 Å². The van der Waals surface area contributed by atoms with Gasteiger partial charge in [-0.3, -0.25) is 4.90 Å². The van der Waals surface area contributed by atoms with Gasteiger partial charge in [0.25, 0.3) is 0 Å². The Morgan fingerprint density at radius 3 is 2.37 bits per heavy atom. The van der Waals surface area contributed by atoms with Crippen molar-refractivity contribution in [3.63, 3.8) is 0 Å². The van der Waals surface area contributed by atoms with Crippen molar-refractivity contribution in [3.8, 4) is 0 Å². The van der Waals surface area contributed by atoms with Crippen LogP contribution in [0.15, 0.2) is 30.3 Å². The van der Waals surface area contributed by atoms with E-state index < -0.39 is 0 Å². The second-order valence-electron chi connectivity index (χ2n) is 5.83. The van der Waals surface area contributed by atoms with E-state index in [0.29, 0.717) is 6.04 Å². The highest BCUT2D eigenvalue weighted by atomic mass is 15.1. The lowest BCUT2D eigenvalue weighted by molar-refractivity contribution is 0.232. The van der Waals surface area contributed by atoms with Gasteiger partial charge in [0.2, 0.25) is 0 Å². The van der Waals surface area contributed by atoms with Crippen LogP contribution in [-0.2, 0) is 6.54 Å². The summed E-state index contributed by atoms with van der Waals surface area (Å²) in [6, 6.07) is 11.1. The molecule has 0 aliphatic carbocycles. The molecule has 0 aliphatic rings. The van der Waals surface area contributed by atoms with Crippen molar-refractivity contribution in [1.82, 2.24) is 4.90 Å². The van der Waals surface area contributed by atoms with E-state index in [-0.39, 0.29) is 0 Å². The van der Waals surface area contributed by atoms with E-state index in [1.54, 1.807) is 0 Å². The number of rotatable bonds is 9. The van der Waals surface area contributed by atoms with E-state index in [1.807, 2.05) is 0 Å². The smallest absolute Gasteiger partial charge is 0.0233 e. The molecule has 0 aromatic heterocycles. The summed E-state index contributed by atoms with van der Waals surface area (Å²) in [6.45, 7) is 10.1. The Morgan fingerprint density at radius 2 is 1.79 bits per heavy atom. The summed E-state index contributed by atoms with van der Waals surface area (Å²) >= 11 is 0. The predicted molar refractivity (Wildman–Crippen MR) is 84.1 cm³/mol. The third-order valence-electron chi connectivity index (χ3n) is 3.62. The maximum Gasteiger partial charge on any atom is 0.0233 e. The maximum absolute atomic E-state index is 5.80. The van der Waals surface area contributed by atoms with Gasteiger partial charge in [0, 0.05) is 19.1 Å². The van der Waals surface area contributed by atoms with Gasteiger partial charge in [0.1, 0.15) is 0 Å². The lowest BCUT2D eigenvalue weighted by Crippen LogP contribution is -2.28. The van der Waals surface area contributed by atoms with Crippen molar-refractivity contribution in [1.29, 1.82) is 0 Å². The molecule has 0 radical (unpaired) electrons. The van der Waals surface area contributed by atoms with Crippen LogP contribution < -0.4 is 5.73 Å². The largest absolute Gasteiger partial charge is 0.328 e. The van der Waals surface area contributed by atoms with Crippen LogP contribution >= 0.6 is 0 Å². The molecule has 0 saturated carbocycles. The molecule has 2 N–H and O–H groups in total. The molecule has 1 aromatic rings. The highest BCUT2D eigenvalue weighted by Gasteiger charge is 2.09. The molecular formula is C17H30N2. The second-order valence-corrected chi connectivity index (χ2v) is 5.83. The van der Waals surface area contributed by atoms with Gasteiger partial charge in [-0.05, 0) is 37.8 Å². The lowest BCUT2D eigenvalue weighted by atomic mass is 10.0. The van der Waals surface area contributed by atoms with Crippen molar-refractivity contribution in [2.24, 2.45) is 11.7 Å². The fraction of sp³-hybridized carbons (Fsp3) is 0.647. The summed E-state index contributed by atoms with van der Waals surface area (Å²) < 4.78 is 0. The van der Waals surface area contributed by atoms with Crippen LogP contribution in [0.3, 0.4) is 0 Å². The SMILES string of the molecule is CCN(Cc1ccccc1)CC(C)CCCC(C)N. The molecule has 0 saturated heterocycles. The molecule has 19 heavy (non-hydrogen) atoms. The zero-order valence-corrected chi connectivity index (χ0v) is 12.8. The highest BCUT2D eigenvalue weighted by Crippen LogP contribution is 2.13. The van der Waals surface area contributed by atoms with Crippen LogP contribution in [0.5, 0.6) is 0 Å². The van der Waals surface area contributed by atoms with Gasteiger partial charge in [-0.2, -0.15) is 0 Å². The van der Waals surface area contributed by atoms with Gasteiger partial charge in [-0.1, -0.05) is 50.6 Å². The fourth-order valence-electron chi connectivity index (χ4n) is 2.47. The Morgan fingerprint density at radius 1 is 1.11 bits per heavy atom. The van der Waals surface area contributed by atoms with Crippen molar-refractivity contribution in [2.45, 2.75) is 52.6 Å². The number of nitrogens with zero attached hydrogens (tertiary/aromatic N) is 1. The molecule has 108 valence electrons. The van der Waals surface area contributed by atoms with Crippen LogP contribution in [-0.4, -0.2) is 24.0 Å². The molecule has 0 fully saturated rings. The molecule has 2 heteroatoms. The quantitative estimate of drug-likeness (QED) is 0.736. The topological polar surface area (TPSA) is 29.3 Å². The predicted octanol–water partition coefficient (Wildman–Crippen LogP) is 3.66. The Balaban J connectivity index is 2.31. The second kappa shape index (κ2) is 9.11. The van der Waals surface area contributed by atoms with E-state index in [1.165, 1.54) is 24.9 Å². The van der Waals surface area contributed by atoms with Crippen molar-refractivity contribution >= 4 is 0 Å². The van der Waals surface area contributed by atoms with Crippen molar-refractivity contribution in [3.05, 3.63) is 35.9 Å². The average molecular weight is 262 g/mol. The van der Waals surface area contributed by atoms with Crippen LogP contribution in [0.4, 0.5) is 0 Å². The molecular weight excluding hydrogens is 232 g/mol. The van der Waals surface area contributed by atoms with Crippen molar-refractivity contribution in [2.75, 3.05) is 13.1 Å². The summed E-state index contributed by atoms with van der Waals surface area (Å²) in [5.41, 5.74) is 7.21. The molecule has 0 spiro atoms. The zero-order valence-electron chi connectivity index (χ0n) is 12.8. The van der Waals surface area contributed by atoms with E-state index in [2.05, 4.69) is 56.0 Å². The van der Waals surface area contributed by atoms with Gasteiger partial charge in [-0.25, -0.2) is 0 Å². The van der Waals surface area contributed by atoms with E-state index >= 15 is 0 Å². The van der Waals surface area contributed by atoms with E-state index in [9.17, 15) is 0 Å². The first-order chi connectivity index (χ1) is 9.11. The molecule has 1 aromatic carbocycles. The first-order valence-corrected chi connectivity index (χ1v) is 7.63. The van der Waals surface area contributed by atoms with Crippen LogP contribution in [0.1, 0.15) is 45.6 Å². The number of hydrogen-bond donors (Lipinski definition) is 1. The van der Waals surface area contributed by atoms with Crippen molar-refractivity contribution < 1.29 is 0 Å². The molecule has 1 rings (SSSR count). The summed E-state index contributed by atoms with van der Waals surface area (Å²) in [5, 5.41) is 0. The molecule has 2 unspecified atom stereocenters. The first kappa shape index (κ1) is 16.2. The summed E-state index contributed by atoms with van der Waals surface area (Å²) in [6.07, 6.45) is 3.68. The normalized spacial score (nSPS) is 14.6. The zero-order chi connectivity index (χ0) is 14.1. The third kappa shape index (κ3) is 7.34. The standard InChI is InChI=1S/C17H30N2/c1-4-19(14-17-11-6-5-7-12-17)13-15(2)9-8-10-16(3)18/h5-7,11-12,15-16H,4,8-10,13-14,18H2,1-3H3. The van der Waals surface area contributed by atoms with Gasteiger partial charge in [-0.15, -0.1) is 0 Å². The molecule has 2 atom stereocenters. The molecule has 2 nitrogen and oxygen atoms in total. The molecule has 0 amide bonds. The minimum absolute atomic E-state index is 0.346. The minimum Gasteiger partial charge on any atom is -0.328 e. The molecule has 0 bridgehead atoms. The summed E-state index contributed by atoms with van der Waals surface area (Å²) in [5.74, 6) is 0.752. The van der Waals surface area contributed by atoms with E-state index in [4.69, 9.17) is 5.73 Å². The van der Waals surface area contributed by atoms with Gasteiger partial charge in [0.05, 0.1) is 0 Å². The lowest BCUT2D eigenvalue weighted by Gasteiger charge is -2.24. The van der Waals surface area contributed by atoms with Gasteiger partial charge >= 0.3 is 0 Å². The minimum atomic E-state index is 0.346. The fourth-order valence-corrected chi connectivity index (χ4v) is 2.47. The first-order valence-electron chi connectivity index (χ1n) is 7.63. The Labute approximate surface area is 119 Å². The summed E-state index contributed by atoms with van der Waals surface area (Å²) in [7, 11) is 0. The van der Waals surface area contributed by atoms with Gasteiger partial charge in [0.15, 0.2) is 0 Å². The van der Waals surface area contributed by atoms with Crippen LogP contribution in [0.25, 0.3) is 0 Å². The average Bonchev–Trinajstić information content (AvgIpc) is 2.38. The highest BCUT2D eigenvalue weighted by molar-refractivity contribution is 5.14. The Kier molecular flexibility index (Phi) is 7.76. The van der Waals surface area contributed by atoms with E-state index in [0.717, 1.165) is 25.4 Å². The number of hydrogen-bond acceptors (Lipinski definition) is 2. The monoisotopic (exact) mass is 262 g/mol. The third-order valence-corrected chi connectivity index (χ3v) is 3.62. The molecule has 0 heterocycles. The maximum atomic E-state index is 5.80. The molecule has 0 aliphatic heterocycles. The number of benzene rings is 1.